The molecule has 0 aliphatic carbocycles. The predicted octanol–water partition coefficient (Wildman–Crippen LogP) is 7.05. The molecule has 0 spiro atoms. The molecular formula is C36H48O5Si. The topological polar surface area (TPSA) is 54.0 Å². The van der Waals surface area contributed by atoms with Crippen LogP contribution >= 0.6 is 0 Å². The van der Waals surface area contributed by atoms with Gasteiger partial charge in [-0.3, -0.25) is 0 Å². The van der Waals surface area contributed by atoms with E-state index >= 15 is 0 Å². The Morgan fingerprint density at radius 3 is 1.83 bits per heavy atom. The van der Waals surface area contributed by atoms with Gasteiger partial charge in [-0.2, -0.15) is 0 Å². The highest BCUT2D eigenvalue weighted by Gasteiger charge is 2.50. The lowest BCUT2D eigenvalue weighted by Crippen LogP contribution is -2.67. The highest BCUT2D eigenvalue weighted by molar-refractivity contribution is 6.99. The fourth-order valence-electron chi connectivity index (χ4n) is 5.08. The number of carbonyl (C=O) groups is 1. The van der Waals surface area contributed by atoms with Crippen LogP contribution in [0.1, 0.15) is 60.5 Å². The number of allylic oxidation sites excluding steroid dienone is 1. The first-order chi connectivity index (χ1) is 19.9. The van der Waals surface area contributed by atoms with Gasteiger partial charge in [0, 0.05) is 6.08 Å². The van der Waals surface area contributed by atoms with Crippen LogP contribution in [0, 0.1) is 5.92 Å². The first kappa shape index (κ1) is 33.5. The van der Waals surface area contributed by atoms with E-state index in [0.29, 0.717) is 19.6 Å². The monoisotopic (exact) mass is 588 g/mol. The van der Waals surface area contributed by atoms with Gasteiger partial charge in [-0.25, -0.2) is 4.79 Å². The lowest BCUT2D eigenvalue weighted by Gasteiger charge is -2.44. The van der Waals surface area contributed by atoms with Crippen molar-refractivity contribution in [3.63, 3.8) is 0 Å². The Morgan fingerprint density at radius 2 is 1.33 bits per heavy atom. The Morgan fingerprint density at radius 1 is 0.810 bits per heavy atom. The highest BCUT2D eigenvalue weighted by Crippen LogP contribution is 2.37. The molecule has 0 amide bonds. The average Bonchev–Trinajstić information content (AvgIpc) is 2.94. The molecule has 6 heteroatoms. The van der Waals surface area contributed by atoms with Crippen molar-refractivity contribution in [3.05, 3.63) is 109 Å². The molecule has 0 saturated heterocycles. The summed E-state index contributed by atoms with van der Waals surface area (Å²) in [4.78, 5) is 12.3. The Hall–Kier alpha value is -3.03. The molecule has 3 rings (SSSR count). The van der Waals surface area contributed by atoms with Crippen molar-refractivity contribution >= 4 is 24.7 Å². The summed E-state index contributed by atoms with van der Waals surface area (Å²) in [6, 6.07) is 31.3. The van der Waals surface area contributed by atoms with E-state index in [1.807, 2.05) is 69.3 Å². The second kappa shape index (κ2) is 15.4. The van der Waals surface area contributed by atoms with E-state index in [0.717, 1.165) is 5.56 Å². The highest BCUT2D eigenvalue weighted by atomic mass is 28.4. The van der Waals surface area contributed by atoms with E-state index < -0.39 is 13.9 Å². The van der Waals surface area contributed by atoms with Crippen molar-refractivity contribution < 1.29 is 23.4 Å². The quantitative estimate of drug-likeness (QED) is 0.0664. The first-order valence-corrected chi connectivity index (χ1v) is 16.7. The van der Waals surface area contributed by atoms with Crippen LogP contribution in [-0.4, -0.2) is 39.4 Å². The fourth-order valence-corrected chi connectivity index (χ4v) is 9.65. The summed E-state index contributed by atoms with van der Waals surface area (Å²) in [5.41, 5.74) is 0.563. The molecule has 0 saturated carbocycles. The summed E-state index contributed by atoms with van der Waals surface area (Å²) in [7, 11) is -2.75. The molecule has 0 bridgehead atoms. The molecular weight excluding hydrogens is 540 g/mol. The van der Waals surface area contributed by atoms with Gasteiger partial charge in [-0.1, -0.05) is 125 Å². The van der Waals surface area contributed by atoms with E-state index in [-0.39, 0.29) is 29.8 Å². The number of rotatable bonds is 14. The molecule has 3 aromatic carbocycles. The van der Waals surface area contributed by atoms with Gasteiger partial charge in [0.05, 0.1) is 19.3 Å². The van der Waals surface area contributed by atoms with Gasteiger partial charge >= 0.3 is 5.97 Å². The first-order valence-electron chi connectivity index (χ1n) is 14.8. The smallest absolute Gasteiger partial charge is 0.330 e. The Bertz CT molecular complexity index is 1190. The number of esters is 1. The van der Waals surface area contributed by atoms with Crippen LogP contribution in [0.15, 0.2) is 103 Å². The van der Waals surface area contributed by atoms with Crippen molar-refractivity contribution in [2.75, 3.05) is 13.4 Å². The summed E-state index contributed by atoms with van der Waals surface area (Å²) < 4.78 is 24.9. The molecule has 0 heterocycles. The number of hydrogen-bond acceptors (Lipinski definition) is 5. The Balaban J connectivity index is 1.83. The van der Waals surface area contributed by atoms with Gasteiger partial charge < -0.3 is 18.6 Å². The summed E-state index contributed by atoms with van der Waals surface area (Å²) >= 11 is 0. The minimum Gasteiger partial charge on any atom is -0.457 e. The molecule has 0 aliphatic heterocycles. The van der Waals surface area contributed by atoms with Crippen LogP contribution in [0.2, 0.25) is 5.04 Å². The van der Waals surface area contributed by atoms with E-state index in [9.17, 15) is 4.79 Å². The molecule has 0 unspecified atom stereocenters. The van der Waals surface area contributed by atoms with Crippen LogP contribution in [-0.2, 0) is 30.0 Å². The number of carbonyl (C=O) groups excluding carboxylic acids is 1. The molecule has 0 aromatic heterocycles. The molecule has 226 valence electrons. The third kappa shape index (κ3) is 9.77. The van der Waals surface area contributed by atoms with E-state index in [2.05, 4.69) is 76.2 Å². The number of hydrogen-bond donors (Lipinski definition) is 0. The second-order valence-electron chi connectivity index (χ2n) is 12.8. The van der Waals surface area contributed by atoms with Crippen LogP contribution < -0.4 is 10.4 Å². The van der Waals surface area contributed by atoms with E-state index in [1.165, 1.54) is 16.4 Å². The minimum absolute atomic E-state index is 0.0576. The zero-order valence-electron chi connectivity index (χ0n) is 26.3. The normalized spacial score (nSPS) is 14.1. The van der Waals surface area contributed by atoms with Crippen molar-refractivity contribution in [2.45, 2.75) is 78.2 Å². The van der Waals surface area contributed by atoms with Gasteiger partial charge in [0.2, 0.25) is 0 Å². The van der Waals surface area contributed by atoms with Gasteiger partial charge in [-0.05, 0) is 54.1 Å². The van der Waals surface area contributed by atoms with Crippen LogP contribution in [0.25, 0.3) is 0 Å². The molecule has 3 aromatic rings. The summed E-state index contributed by atoms with van der Waals surface area (Å²) in [5.74, 6) is -0.288. The molecule has 0 aliphatic rings. The maximum atomic E-state index is 12.3. The molecule has 42 heavy (non-hydrogen) atoms. The van der Waals surface area contributed by atoms with Gasteiger partial charge in [0.25, 0.3) is 8.32 Å². The Labute approximate surface area is 254 Å². The van der Waals surface area contributed by atoms with E-state index in [4.69, 9.17) is 18.6 Å². The van der Waals surface area contributed by atoms with Crippen LogP contribution in [0.5, 0.6) is 0 Å². The SMILES string of the molecule is C[C@@H](C/C=C/C(=O)OC(C)(C)C)[C@@H](CO[Si](c1ccccc1)(c1ccccc1)C(C)(C)C)OCOCc1ccccc1. The van der Waals surface area contributed by atoms with E-state index in [1.54, 1.807) is 0 Å². The standard InChI is InChI=1S/C36H48O5Si/c1-29(18-17-25-34(37)41-35(2,3)4)33(39-28-38-26-30-19-11-8-12-20-30)27-40-42(36(5,6)7,31-21-13-9-14-22-31)32-23-15-10-16-24-32/h8-17,19-25,29,33H,18,26-28H2,1-7H3/b25-17+/t29-,33+/m0/s1. The predicted molar refractivity (Wildman–Crippen MR) is 173 cm³/mol. The van der Waals surface area contributed by atoms with Crippen molar-refractivity contribution in [1.29, 1.82) is 0 Å². The van der Waals surface area contributed by atoms with Gasteiger partial charge in [0.1, 0.15) is 12.4 Å². The third-order valence-corrected chi connectivity index (χ3v) is 12.2. The Kier molecular flexibility index (Phi) is 12.3. The molecule has 0 fully saturated rings. The van der Waals surface area contributed by atoms with Gasteiger partial charge in [-0.15, -0.1) is 0 Å². The molecule has 0 radical (unpaired) electrons. The lowest BCUT2D eigenvalue weighted by molar-refractivity contribution is -0.148. The van der Waals surface area contributed by atoms with Crippen LogP contribution in [0.4, 0.5) is 0 Å². The number of benzene rings is 3. The summed E-state index contributed by atoms with van der Waals surface area (Å²) in [6.07, 6.45) is 3.74. The summed E-state index contributed by atoms with van der Waals surface area (Å²) in [6.45, 7) is 15.5. The lowest BCUT2D eigenvalue weighted by atomic mass is 10.0. The largest absolute Gasteiger partial charge is 0.457 e. The minimum atomic E-state index is -2.75. The maximum absolute atomic E-state index is 12.3. The van der Waals surface area contributed by atoms with Crippen molar-refractivity contribution in [3.8, 4) is 0 Å². The average molecular weight is 589 g/mol. The molecule has 5 nitrogen and oxygen atoms in total. The van der Waals surface area contributed by atoms with Gasteiger partial charge in [0.15, 0.2) is 0 Å². The molecule has 0 N–H and O–H groups in total. The van der Waals surface area contributed by atoms with Crippen molar-refractivity contribution in [1.82, 2.24) is 0 Å². The zero-order valence-corrected chi connectivity index (χ0v) is 27.3. The van der Waals surface area contributed by atoms with Crippen LogP contribution in [0.3, 0.4) is 0 Å². The number of ether oxygens (including phenoxy) is 3. The second-order valence-corrected chi connectivity index (χ2v) is 17.1. The maximum Gasteiger partial charge on any atom is 0.330 e. The summed E-state index contributed by atoms with van der Waals surface area (Å²) in [5, 5.41) is 2.30. The fraction of sp³-hybridized carbons (Fsp3) is 0.417. The molecule has 2 atom stereocenters. The zero-order chi connectivity index (χ0) is 30.6. The van der Waals surface area contributed by atoms with Crippen molar-refractivity contribution in [2.24, 2.45) is 5.92 Å². The third-order valence-electron chi connectivity index (χ3n) is 7.16.